The van der Waals surface area contributed by atoms with Crippen LogP contribution in [0.3, 0.4) is 0 Å². The second-order valence-corrected chi connectivity index (χ2v) is 10.7. The van der Waals surface area contributed by atoms with Crippen LogP contribution in [0, 0.1) is 24.7 Å². The summed E-state index contributed by atoms with van der Waals surface area (Å²) in [4.78, 5) is 33.0. The third-order valence-electron chi connectivity index (χ3n) is 8.09. The molecule has 2 atom stereocenters. The summed E-state index contributed by atoms with van der Waals surface area (Å²) in [6.45, 7) is 6.72. The molecule has 1 N–H and O–H groups in total. The average molecular weight is 491 g/mol. The van der Waals surface area contributed by atoms with Gasteiger partial charge in [0.1, 0.15) is 12.4 Å². The fraction of sp³-hybridized carbons (Fsp3) is 0.552. The van der Waals surface area contributed by atoms with Crippen molar-refractivity contribution in [1.82, 2.24) is 14.8 Å². The van der Waals surface area contributed by atoms with Crippen molar-refractivity contribution in [1.29, 1.82) is 0 Å². The van der Waals surface area contributed by atoms with Crippen molar-refractivity contribution >= 4 is 17.8 Å². The summed E-state index contributed by atoms with van der Waals surface area (Å²) in [5, 5.41) is 3.51. The molecule has 192 valence electrons. The molecule has 5 rings (SSSR count). The number of piperidine rings is 1. The lowest BCUT2D eigenvalue weighted by Gasteiger charge is -2.31. The maximum absolute atomic E-state index is 12.4. The van der Waals surface area contributed by atoms with Crippen LogP contribution in [-0.2, 0) is 22.6 Å². The quantitative estimate of drug-likeness (QED) is 0.554. The number of ether oxygens (including phenoxy) is 1. The number of amides is 2. The Labute approximate surface area is 214 Å². The fourth-order valence-electron chi connectivity index (χ4n) is 5.64. The molecule has 1 aromatic heterocycles. The summed E-state index contributed by atoms with van der Waals surface area (Å²) >= 11 is 0. The Morgan fingerprint density at radius 2 is 1.83 bits per heavy atom. The molecule has 3 fully saturated rings. The molecule has 7 nitrogen and oxygen atoms in total. The molecule has 1 aromatic carbocycles. The molecular weight excluding hydrogens is 452 g/mol. The normalized spacial score (nSPS) is 21.6. The second-order valence-electron chi connectivity index (χ2n) is 10.7. The number of hydrogen-bond donors (Lipinski definition) is 1. The first-order valence-corrected chi connectivity index (χ1v) is 13.5. The number of carbonyl (C=O) groups is 2. The number of aromatic nitrogens is 1. The smallest absolute Gasteiger partial charge is 0.410 e. The predicted octanol–water partition coefficient (Wildman–Crippen LogP) is 4.65. The van der Waals surface area contributed by atoms with Crippen molar-refractivity contribution in [2.45, 2.75) is 52.1 Å². The molecule has 2 aliphatic heterocycles. The number of pyridine rings is 1. The lowest BCUT2D eigenvalue weighted by atomic mass is 9.90. The van der Waals surface area contributed by atoms with E-state index in [0.717, 1.165) is 98.7 Å². The average Bonchev–Trinajstić information content (AvgIpc) is 3.63. The van der Waals surface area contributed by atoms with Gasteiger partial charge in [0.25, 0.3) is 0 Å². The molecule has 0 spiro atoms. The maximum atomic E-state index is 12.4. The molecule has 7 heteroatoms. The number of benzene rings is 1. The molecule has 3 aliphatic rings. The van der Waals surface area contributed by atoms with Crippen molar-refractivity contribution in [2.75, 3.05) is 38.0 Å². The third-order valence-corrected chi connectivity index (χ3v) is 8.09. The van der Waals surface area contributed by atoms with Crippen molar-refractivity contribution in [3.05, 3.63) is 59.3 Å². The lowest BCUT2D eigenvalue weighted by molar-refractivity contribution is -0.133. The summed E-state index contributed by atoms with van der Waals surface area (Å²) in [6.07, 6.45) is 7.83. The first kappa shape index (κ1) is 24.6. The largest absolute Gasteiger partial charge is 0.445 e. The Morgan fingerprint density at radius 3 is 2.53 bits per heavy atom. The summed E-state index contributed by atoms with van der Waals surface area (Å²) in [5.41, 5.74) is 3.11. The van der Waals surface area contributed by atoms with Gasteiger partial charge in [-0.2, -0.15) is 0 Å². The molecule has 3 heterocycles. The number of hydrogen-bond acceptors (Lipinski definition) is 5. The Bertz CT molecular complexity index is 1050. The van der Waals surface area contributed by atoms with E-state index < -0.39 is 0 Å². The first-order valence-electron chi connectivity index (χ1n) is 13.5. The summed E-state index contributed by atoms with van der Waals surface area (Å²) < 4.78 is 5.50. The van der Waals surface area contributed by atoms with E-state index in [9.17, 15) is 9.59 Å². The van der Waals surface area contributed by atoms with Gasteiger partial charge in [-0.3, -0.25) is 4.79 Å². The number of likely N-dealkylation sites (tertiary alicyclic amines) is 2. The minimum absolute atomic E-state index is 0.187. The molecule has 2 unspecified atom stereocenters. The Kier molecular flexibility index (Phi) is 7.73. The minimum Gasteiger partial charge on any atom is -0.445 e. The van der Waals surface area contributed by atoms with Crippen molar-refractivity contribution in [3.63, 3.8) is 0 Å². The van der Waals surface area contributed by atoms with Crippen LogP contribution in [0.5, 0.6) is 0 Å². The highest BCUT2D eigenvalue weighted by atomic mass is 16.6. The van der Waals surface area contributed by atoms with Crippen LogP contribution in [0.1, 0.15) is 48.8 Å². The van der Waals surface area contributed by atoms with Gasteiger partial charge in [-0.05, 0) is 73.5 Å². The van der Waals surface area contributed by atoms with Crippen molar-refractivity contribution in [3.8, 4) is 0 Å². The van der Waals surface area contributed by atoms with Gasteiger partial charge in [-0.1, -0.05) is 36.4 Å². The van der Waals surface area contributed by atoms with Crippen LogP contribution >= 0.6 is 0 Å². The molecule has 1 saturated carbocycles. The predicted molar refractivity (Wildman–Crippen MR) is 140 cm³/mol. The van der Waals surface area contributed by atoms with Crippen LogP contribution in [0.15, 0.2) is 42.6 Å². The van der Waals surface area contributed by atoms with Gasteiger partial charge in [-0.15, -0.1) is 0 Å². The van der Waals surface area contributed by atoms with E-state index in [1.54, 1.807) is 0 Å². The van der Waals surface area contributed by atoms with Crippen LogP contribution in [0.25, 0.3) is 0 Å². The number of rotatable bonds is 9. The molecule has 2 saturated heterocycles. The second kappa shape index (κ2) is 11.3. The summed E-state index contributed by atoms with van der Waals surface area (Å²) in [5.74, 6) is 3.41. The molecule has 0 radical (unpaired) electrons. The molecule has 2 amide bonds. The monoisotopic (exact) mass is 490 g/mol. The van der Waals surface area contributed by atoms with E-state index in [1.165, 1.54) is 6.42 Å². The molecular formula is C29H38N4O3. The van der Waals surface area contributed by atoms with Gasteiger partial charge in [0.2, 0.25) is 5.91 Å². The highest BCUT2D eigenvalue weighted by Gasteiger charge is 2.43. The molecule has 2 aromatic rings. The lowest BCUT2D eigenvalue weighted by Crippen LogP contribution is -2.42. The fourth-order valence-corrected chi connectivity index (χ4v) is 5.64. The molecule has 0 bridgehead atoms. The Hall–Kier alpha value is -3.09. The minimum atomic E-state index is -0.187. The number of carbonyl (C=O) groups excluding carboxylic acids is 2. The van der Waals surface area contributed by atoms with Gasteiger partial charge >= 0.3 is 6.09 Å². The SMILES string of the molecule is Cc1cc(CC(=O)N2CCC2)cnc1NCCC1CC1C1CCN(C(=O)OCc2ccccc2)CC1. The Balaban J connectivity index is 0.983. The van der Waals surface area contributed by atoms with Crippen LogP contribution in [0.4, 0.5) is 10.6 Å². The standard InChI is InChI=1S/C29H38N4O3/c1-21-16-23(17-27(34)32-12-5-13-32)19-31-28(21)30-11-8-25-18-26(25)24-9-14-33(15-10-24)29(35)36-20-22-6-3-2-4-7-22/h2-4,6-7,16,19,24-26H,5,8-15,17-18,20H2,1H3,(H,30,31). The van der Waals surface area contributed by atoms with Gasteiger partial charge in [0.15, 0.2) is 0 Å². The summed E-state index contributed by atoms with van der Waals surface area (Å²) in [6, 6.07) is 11.9. The van der Waals surface area contributed by atoms with Gasteiger partial charge in [0, 0.05) is 38.9 Å². The first-order chi connectivity index (χ1) is 17.6. The van der Waals surface area contributed by atoms with E-state index in [-0.39, 0.29) is 12.0 Å². The van der Waals surface area contributed by atoms with Crippen molar-refractivity contribution < 1.29 is 14.3 Å². The van der Waals surface area contributed by atoms with E-state index >= 15 is 0 Å². The highest BCUT2D eigenvalue weighted by Crippen LogP contribution is 2.49. The molecule has 1 aliphatic carbocycles. The van der Waals surface area contributed by atoms with E-state index in [4.69, 9.17) is 4.74 Å². The highest BCUT2D eigenvalue weighted by molar-refractivity contribution is 5.79. The van der Waals surface area contributed by atoms with Gasteiger partial charge in [0.05, 0.1) is 6.42 Å². The van der Waals surface area contributed by atoms with E-state index in [0.29, 0.717) is 13.0 Å². The van der Waals surface area contributed by atoms with Gasteiger partial charge in [-0.25, -0.2) is 9.78 Å². The zero-order valence-electron chi connectivity index (χ0n) is 21.3. The number of aryl methyl sites for hydroxylation is 1. The summed E-state index contributed by atoms with van der Waals surface area (Å²) in [7, 11) is 0. The number of nitrogens with one attached hydrogen (secondary N) is 1. The van der Waals surface area contributed by atoms with Gasteiger partial charge < -0.3 is 19.9 Å². The zero-order chi connectivity index (χ0) is 24.9. The van der Waals surface area contributed by atoms with Crippen molar-refractivity contribution in [2.24, 2.45) is 17.8 Å². The van der Waals surface area contributed by atoms with Crippen LogP contribution in [0.2, 0.25) is 0 Å². The maximum Gasteiger partial charge on any atom is 0.410 e. The Morgan fingerprint density at radius 1 is 1.06 bits per heavy atom. The van der Waals surface area contributed by atoms with Crippen LogP contribution in [-0.4, -0.2) is 59.5 Å². The topological polar surface area (TPSA) is 74.8 Å². The van der Waals surface area contributed by atoms with E-state index in [2.05, 4.69) is 23.3 Å². The third kappa shape index (κ3) is 6.18. The van der Waals surface area contributed by atoms with E-state index in [1.807, 2.05) is 46.3 Å². The number of anilines is 1. The number of nitrogens with zero attached hydrogens (tertiary/aromatic N) is 3. The van der Waals surface area contributed by atoms with Crippen LogP contribution < -0.4 is 5.32 Å². The zero-order valence-corrected chi connectivity index (χ0v) is 21.3. The molecule has 36 heavy (non-hydrogen) atoms.